The van der Waals surface area contributed by atoms with Crippen molar-refractivity contribution in [2.75, 3.05) is 0 Å². The van der Waals surface area contributed by atoms with Gasteiger partial charge in [-0.3, -0.25) is 0 Å². The van der Waals surface area contributed by atoms with E-state index in [4.69, 9.17) is 0 Å². The fourth-order valence-corrected chi connectivity index (χ4v) is 9.47. The van der Waals surface area contributed by atoms with Gasteiger partial charge in [-0.1, -0.05) is 121 Å². The smallest absolute Gasteiger partial charge is 0.0998 e. The highest BCUT2D eigenvalue weighted by atomic mass is 15.0. The molecule has 0 radical (unpaired) electrons. The first-order valence-electron chi connectivity index (χ1n) is 19.1. The van der Waals surface area contributed by atoms with E-state index in [-0.39, 0.29) is 0 Å². The van der Waals surface area contributed by atoms with E-state index in [1.807, 2.05) is 6.07 Å². The Balaban J connectivity index is 1.08. The van der Waals surface area contributed by atoms with Crippen molar-refractivity contribution in [1.82, 2.24) is 9.13 Å². The number of benzene rings is 10. The summed E-state index contributed by atoms with van der Waals surface area (Å²) in [6.07, 6.45) is 0. The summed E-state index contributed by atoms with van der Waals surface area (Å²) in [5.74, 6) is 0. The van der Waals surface area contributed by atoms with Crippen molar-refractivity contribution in [3.63, 3.8) is 0 Å². The maximum atomic E-state index is 10.1. The Labute approximate surface area is 322 Å². The average Bonchev–Trinajstić information content (AvgIpc) is 3.78. The molecule has 0 aliphatic rings. The number of rotatable bonds is 3. The highest BCUT2D eigenvalue weighted by molar-refractivity contribution is 6.32. The van der Waals surface area contributed by atoms with Crippen LogP contribution in [0.15, 0.2) is 188 Å². The number of nitrogens with zero attached hydrogens (tertiary/aromatic N) is 3. The second-order valence-electron chi connectivity index (χ2n) is 14.8. The summed E-state index contributed by atoms with van der Waals surface area (Å²) in [6.45, 7) is 0. The Morgan fingerprint density at radius 2 is 0.786 bits per heavy atom. The minimum atomic E-state index is 0.706. The van der Waals surface area contributed by atoms with Crippen molar-refractivity contribution in [2.24, 2.45) is 0 Å². The van der Waals surface area contributed by atoms with Crippen LogP contribution >= 0.6 is 0 Å². The van der Waals surface area contributed by atoms with Crippen LogP contribution in [0, 0.1) is 11.3 Å². The van der Waals surface area contributed by atoms with Crippen molar-refractivity contribution < 1.29 is 0 Å². The van der Waals surface area contributed by atoms with Crippen LogP contribution in [0.5, 0.6) is 0 Å². The molecule has 10 aromatic carbocycles. The van der Waals surface area contributed by atoms with Crippen LogP contribution < -0.4 is 0 Å². The van der Waals surface area contributed by atoms with Gasteiger partial charge in [0.2, 0.25) is 0 Å². The van der Waals surface area contributed by atoms with Gasteiger partial charge in [-0.05, 0) is 116 Å². The molecule has 0 unspecified atom stereocenters. The summed E-state index contributed by atoms with van der Waals surface area (Å²) in [4.78, 5) is 0. The van der Waals surface area contributed by atoms with E-state index >= 15 is 0 Å². The van der Waals surface area contributed by atoms with E-state index in [2.05, 4.69) is 197 Å². The van der Waals surface area contributed by atoms with E-state index in [9.17, 15) is 5.26 Å². The molecule has 0 bridgehead atoms. The molecule has 0 spiro atoms. The molecule has 12 rings (SSSR count). The highest BCUT2D eigenvalue weighted by Crippen LogP contribution is 2.43. The topological polar surface area (TPSA) is 33.6 Å². The zero-order valence-corrected chi connectivity index (χ0v) is 30.2. The van der Waals surface area contributed by atoms with Gasteiger partial charge in [0, 0.05) is 38.3 Å². The van der Waals surface area contributed by atoms with Crippen LogP contribution in [0.1, 0.15) is 5.56 Å². The molecule has 0 N–H and O–H groups in total. The Kier molecular flexibility index (Phi) is 6.41. The van der Waals surface area contributed by atoms with Crippen molar-refractivity contribution in [3.05, 3.63) is 194 Å². The Bertz CT molecular complexity index is 3650. The van der Waals surface area contributed by atoms with Gasteiger partial charge in [0.15, 0.2) is 0 Å². The molecule has 2 heterocycles. The van der Waals surface area contributed by atoms with E-state index < -0.39 is 0 Å². The molecule has 3 heteroatoms. The van der Waals surface area contributed by atoms with Crippen LogP contribution in [0.2, 0.25) is 0 Å². The second-order valence-corrected chi connectivity index (χ2v) is 14.8. The number of fused-ring (bicyclic) bond motifs is 14. The Hall–Kier alpha value is -7.67. The molecule has 0 aliphatic carbocycles. The summed E-state index contributed by atoms with van der Waals surface area (Å²) >= 11 is 0. The largest absolute Gasteiger partial charge is 0.309 e. The number of hydrogen-bond donors (Lipinski definition) is 0. The molecule has 0 aliphatic heterocycles. The lowest BCUT2D eigenvalue weighted by Gasteiger charge is -2.16. The fourth-order valence-electron chi connectivity index (χ4n) is 9.47. The normalized spacial score (nSPS) is 11.9. The molecule has 12 aromatic rings. The van der Waals surface area contributed by atoms with Crippen LogP contribution in [0.25, 0.3) is 109 Å². The first-order valence-corrected chi connectivity index (χ1v) is 19.1. The van der Waals surface area contributed by atoms with Crippen LogP contribution in [-0.4, -0.2) is 9.13 Å². The highest BCUT2D eigenvalue weighted by Gasteiger charge is 2.18. The average molecular weight is 710 g/mol. The zero-order chi connectivity index (χ0) is 36.9. The quantitative estimate of drug-likeness (QED) is 0.168. The summed E-state index contributed by atoms with van der Waals surface area (Å²) in [5.41, 5.74) is 10.1. The summed E-state index contributed by atoms with van der Waals surface area (Å²) in [5, 5.41) is 24.2. The van der Waals surface area contributed by atoms with E-state index in [1.165, 1.54) is 76.3 Å². The molecule has 0 saturated carbocycles. The molecule has 0 amide bonds. The predicted molar refractivity (Wildman–Crippen MR) is 235 cm³/mol. The molecule has 0 fully saturated rings. The Morgan fingerprint density at radius 3 is 1.41 bits per heavy atom. The lowest BCUT2D eigenvalue weighted by Crippen LogP contribution is -1.95. The van der Waals surface area contributed by atoms with E-state index in [0.29, 0.717) is 5.56 Å². The minimum absolute atomic E-state index is 0.706. The summed E-state index contributed by atoms with van der Waals surface area (Å²) in [7, 11) is 0. The third-order valence-electron chi connectivity index (χ3n) is 11.9. The Morgan fingerprint density at radius 1 is 0.304 bits per heavy atom. The lowest BCUT2D eigenvalue weighted by molar-refractivity contribution is 1.18. The van der Waals surface area contributed by atoms with Crippen LogP contribution in [0.3, 0.4) is 0 Å². The standard InChI is InChI=1S/C53H31N3/c54-32-35-30-48-40-16-6-5-15-39(40)45-31-37(24-25-44(45)53(48)43-19-7-4-14-38(35)43)56-50-21-11-9-18-42(50)47-29-34(23-27-52(47)56)33-22-26-51-46(28-33)41-17-8-10-20-49(41)55(51)36-12-2-1-3-13-36/h1-31H. The van der Waals surface area contributed by atoms with Crippen LogP contribution in [-0.2, 0) is 0 Å². The van der Waals surface area contributed by atoms with E-state index in [0.717, 1.165) is 32.9 Å². The maximum absolute atomic E-state index is 10.1. The van der Waals surface area contributed by atoms with Crippen molar-refractivity contribution in [2.45, 2.75) is 0 Å². The number of hydrogen-bond acceptors (Lipinski definition) is 1. The van der Waals surface area contributed by atoms with Gasteiger partial charge in [0.25, 0.3) is 0 Å². The van der Waals surface area contributed by atoms with Gasteiger partial charge in [-0.25, -0.2) is 0 Å². The second kappa shape index (κ2) is 11.7. The predicted octanol–water partition coefficient (Wildman–Crippen LogP) is 14.0. The molecular formula is C53H31N3. The van der Waals surface area contributed by atoms with E-state index in [1.54, 1.807) is 0 Å². The first-order chi connectivity index (χ1) is 27.7. The van der Waals surface area contributed by atoms with Crippen molar-refractivity contribution in [3.8, 4) is 28.6 Å². The molecule has 2 aromatic heterocycles. The van der Waals surface area contributed by atoms with Gasteiger partial charge < -0.3 is 9.13 Å². The van der Waals surface area contributed by atoms with Crippen molar-refractivity contribution >= 4 is 86.7 Å². The van der Waals surface area contributed by atoms with Crippen LogP contribution in [0.4, 0.5) is 0 Å². The lowest BCUT2D eigenvalue weighted by atomic mass is 9.89. The summed E-state index contributed by atoms with van der Waals surface area (Å²) < 4.78 is 4.79. The molecule has 0 saturated heterocycles. The zero-order valence-electron chi connectivity index (χ0n) is 30.2. The van der Waals surface area contributed by atoms with Gasteiger partial charge >= 0.3 is 0 Å². The van der Waals surface area contributed by atoms with Gasteiger partial charge in [-0.2, -0.15) is 5.26 Å². The number of para-hydroxylation sites is 3. The molecule has 3 nitrogen and oxygen atoms in total. The monoisotopic (exact) mass is 709 g/mol. The SMILES string of the molecule is N#Cc1cc2c3ccccc3c3cc(-n4c5ccccc5c5cc(-c6ccc7c(c6)c6ccccc6n7-c6ccccc6)ccc54)ccc3c2c2ccccc12. The molecule has 56 heavy (non-hydrogen) atoms. The fraction of sp³-hybridized carbons (Fsp3) is 0. The van der Waals surface area contributed by atoms with Crippen molar-refractivity contribution in [1.29, 1.82) is 5.26 Å². The summed E-state index contributed by atoms with van der Waals surface area (Å²) in [6, 6.07) is 70.3. The minimum Gasteiger partial charge on any atom is -0.309 e. The third-order valence-corrected chi connectivity index (χ3v) is 11.9. The third kappa shape index (κ3) is 4.27. The molecule has 0 atom stereocenters. The van der Waals surface area contributed by atoms with Gasteiger partial charge in [0.05, 0.1) is 33.7 Å². The number of aromatic nitrogens is 2. The van der Waals surface area contributed by atoms with Gasteiger partial charge in [-0.15, -0.1) is 0 Å². The first kappa shape index (κ1) is 30.8. The van der Waals surface area contributed by atoms with Gasteiger partial charge in [0.1, 0.15) is 0 Å². The molecule has 258 valence electrons. The molecular weight excluding hydrogens is 679 g/mol. The maximum Gasteiger partial charge on any atom is 0.0998 e. The number of nitriles is 1.